The zero-order valence-electron chi connectivity index (χ0n) is 22.3. The average molecular weight is 628 g/mol. The Morgan fingerprint density at radius 3 is 2.49 bits per heavy atom. The lowest BCUT2D eigenvalue weighted by molar-refractivity contribution is -0.122. The summed E-state index contributed by atoms with van der Waals surface area (Å²) in [5.74, 6) is -2.28. The van der Waals surface area contributed by atoms with E-state index in [1.54, 1.807) is 42.5 Å². The van der Waals surface area contributed by atoms with Crippen LogP contribution in [0.1, 0.15) is 16.4 Å². The van der Waals surface area contributed by atoms with Crippen molar-refractivity contribution in [3.63, 3.8) is 0 Å². The highest BCUT2D eigenvalue weighted by atomic mass is 35.5. The van der Waals surface area contributed by atoms with Crippen LogP contribution in [0, 0.1) is 5.92 Å². The van der Waals surface area contributed by atoms with Gasteiger partial charge in [-0.2, -0.15) is 0 Å². The normalized spacial score (nSPS) is 19.3. The van der Waals surface area contributed by atoms with E-state index in [4.69, 9.17) is 16.3 Å². The fourth-order valence-electron chi connectivity index (χ4n) is 5.68. The molecule has 2 N–H and O–H groups in total. The predicted octanol–water partition coefficient (Wildman–Crippen LogP) is 6.06. The number of aromatic amines is 1. The molecule has 11 heteroatoms. The maximum Gasteiger partial charge on any atom is 0.305 e. The molecule has 2 aliphatic rings. The van der Waals surface area contributed by atoms with Gasteiger partial charge in [-0.3, -0.25) is 19.2 Å². The third-order valence-corrected chi connectivity index (χ3v) is 10.2. The number of para-hydroxylation sites is 1. The number of H-pyrrole nitrogens is 1. The van der Waals surface area contributed by atoms with Crippen molar-refractivity contribution in [1.29, 1.82) is 0 Å². The molecule has 0 bridgehead atoms. The smallest absolute Gasteiger partial charge is 0.305 e. The first-order valence-electron chi connectivity index (χ1n) is 13.4. The number of carbonyl (C=O) groups excluding carboxylic acids is 3. The van der Waals surface area contributed by atoms with E-state index >= 15 is 0 Å². The minimum absolute atomic E-state index is 0.290. The van der Waals surface area contributed by atoms with Gasteiger partial charge in [-0.15, -0.1) is 0 Å². The second-order valence-corrected chi connectivity index (χ2v) is 12.8. The summed E-state index contributed by atoms with van der Waals surface area (Å²) in [7, 11) is 0. The summed E-state index contributed by atoms with van der Waals surface area (Å²) in [6.07, 6.45) is 0. The Hall–Kier alpha value is -4.38. The van der Waals surface area contributed by atoms with Gasteiger partial charge in [0.1, 0.15) is 11.0 Å². The molecule has 3 heterocycles. The lowest BCUT2D eigenvalue weighted by Crippen LogP contribution is -2.32. The maximum absolute atomic E-state index is 14.0. The number of ether oxygens (including phenoxy) is 1. The molecule has 7 rings (SSSR count). The van der Waals surface area contributed by atoms with Crippen LogP contribution < -0.4 is 19.8 Å². The quantitative estimate of drug-likeness (QED) is 0.222. The molecule has 1 fully saturated rings. The Kier molecular flexibility index (Phi) is 7.04. The summed E-state index contributed by atoms with van der Waals surface area (Å²) >= 11 is 8.63. The van der Waals surface area contributed by atoms with Crippen LogP contribution in [0.2, 0.25) is 5.02 Å². The number of fused-ring (bicyclic) bond motifs is 3. The first-order chi connectivity index (χ1) is 20.9. The number of nitrogens with one attached hydrogen (secondary N) is 2. The van der Waals surface area contributed by atoms with Crippen molar-refractivity contribution in [3.05, 3.63) is 116 Å². The fourth-order valence-corrected chi connectivity index (χ4v) is 8.37. The van der Waals surface area contributed by atoms with Gasteiger partial charge in [0, 0.05) is 27.1 Å². The van der Waals surface area contributed by atoms with Crippen molar-refractivity contribution in [1.82, 2.24) is 4.98 Å². The van der Waals surface area contributed by atoms with Crippen LogP contribution in [-0.2, 0) is 14.4 Å². The first kappa shape index (κ1) is 27.5. The van der Waals surface area contributed by atoms with Crippen LogP contribution in [0.5, 0.6) is 5.75 Å². The number of benzene rings is 4. The number of aromatic nitrogens is 1. The van der Waals surface area contributed by atoms with Crippen molar-refractivity contribution >= 4 is 74.6 Å². The Labute approximate surface area is 258 Å². The van der Waals surface area contributed by atoms with Gasteiger partial charge in [0.25, 0.3) is 5.91 Å². The summed E-state index contributed by atoms with van der Waals surface area (Å²) in [6.45, 7) is -0.309. The molecule has 1 aromatic heterocycles. The van der Waals surface area contributed by atoms with Crippen LogP contribution in [-0.4, -0.2) is 34.6 Å². The second-order valence-electron chi connectivity index (χ2n) is 10.2. The van der Waals surface area contributed by atoms with Crippen LogP contribution in [0.15, 0.2) is 101 Å². The molecule has 214 valence electrons. The molecule has 1 saturated heterocycles. The number of hydrogen-bond donors (Lipinski definition) is 2. The minimum atomic E-state index is -0.816. The second kappa shape index (κ2) is 11.0. The minimum Gasteiger partial charge on any atom is -0.483 e. The maximum atomic E-state index is 14.0. The van der Waals surface area contributed by atoms with Crippen LogP contribution in [0.4, 0.5) is 11.4 Å². The molecule has 0 aliphatic carbocycles. The van der Waals surface area contributed by atoms with Gasteiger partial charge in [0.15, 0.2) is 6.61 Å². The largest absolute Gasteiger partial charge is 0.483 e. The molecule has 0 spiro atoms. The Morgan fingerprint density at radius 2 is 1.67 bits per heavy atom. The van der Waals surface area contributed by atoms with Gasteiger partial charge in [-0.05, 0) is 53.2 Å². The van der Waals surface area contributed by atoms with Crippen LogP contribution >= 0.6 is 34.7 Å². The van der Waals surface area contributed by atoms with E-state index in [0.717, 1.165) is 22.1 Å². The number of nitrogens with zero attached hydrogens (tertiary/aromatic N) is 1. The Balaban J connectivity index is 1.21. The first-order valence-corrected chi connectivity index (χ1v) is 15.5. The molecular formula is C32H22ClN3O5S2. The van der Waals surface area contributed by atoms with Gasteiger partial charge in [0.05, 0.1) is 16.6 Å². The summed E-state index contributed by atoms with van der Waals surface area (Å²) in [4.78, 5) is 57.4. The van der Waals surface area contributed by atoms with E-state index in [0.29, 0.717) is 37.6 Å². The van der Waals surface area contributed by atoms with Gasteiger partial charge in [0.2, 0.25) is 11.8 Å². The molecule has 43 heavy (non-hydrogen) atoms. The highest BCUT2D eigenvalue weighted by Crippen LogP contribution is 2.54. The van der Waals surface area contributed by atoms with Crippen molar-refractivity contribution in [3.8, 4) is 5.75 Å². The molecule has 2 aliphatic heterocycles. The van der Waals surface area contributed by atoms with Crippen LogP contribution in [0.25, 0.3) is 10.8 Å². The molecular weight excluding hydrogens is 606 g/mol. The molecule has 0 radical (unpaired) electrons. The summed E-state index contributed by atoms with van der Waals surface area (Å²) < 4.78 is 6.04. The van der Waals surface area contributed by atoms with Gasteiger partial charge in [-0.1, -0.05) is 83.2 Å². The van der Waals surface area contributed by atoms with Crippen molar-refractivity contribution in [2.24, 2.45) is 5.92 Å². The van der Waals surface area contributed by atoms with E-state index in [1.807, 2.05) is 48.5 Å². The average Bonchev–Trinajstić information content (AvgIpc) is 3.50. The number of thioether (sulfide) groups is 1. The number of anilines is 2. The Morgan fingerprint density at radius 1 is 0.907 bits per heavy atom. The van der Waals surface area contributed by atoms with Gasteiger partial charge >= 0.3 is 4.87 Å². The third kappa shape index (κ3) is 5.01. The lowest BCUT2D eigenvalue weighted by Gasteiger charge is -2.31. The SMILES string of the molecule is O=C(COc1ccc(Cl)cc1C1c2sc(=O)[nH]c2SC2C(=O)N(c3ccccc3)C(=O)C21)Nc1ccc2ccccc2c1. The zero-order chi connectivity index (χ0) is 29.7. The number of imide groups is 1. The van der Waals surface area contributed by atoms with Crippen molar-refractivity contribution in [2.45, 2.75) is 16.2 Å². The molecule has 8 nitrogen and oxygen atoms in total. The summed E-state index contributed by atoms with van der Waals surface area (Å²) in [5, 5.41) is 5.08. The highest BCUT2D eigenvalue weighted by Gasteiger charge is 2.56. The summed E-state index contributed by atoms with van der Waals surface area (Å²) in [5.41, 5.74) is 1.64. The molecule has 3 atom stereocenters. The van der Waals surface area contributed by atoms with Crippen molar-refractivity contribution in [2.75, 3.05) is 16.8 Å². The third-order valence-electron chi connectivity index (χ3n) is 7.54. The Bertz CT molecular complexity index is 1980. The van der Waals surface area contributed by atoms with Gasteiger partial charge < -0.3 is 15.0 Å². The van der Waals surface area contributed by atoms with E-state index in [1.165, 1.54) is 16.7 Å². The molecule has 4 aromatic carbocycles. The van der Waals surface area contributed by atoms with E-state index in [-0.39, 0.29) is 29.2 Å². The standard InChI is InChI=1S/C32H22ClN3O5S2/c33-19-11-13-23(41-16-24(37)34-20-12-10-17-6-4-5-7-18(17)14-20)22(15-19)25-26-28(42-29-27(25)43-32(40)35-29)31(39)36(30(26)38)21-8-2-1-3-9-21/h1-15,25-26,28H,16H2,(H,34,37)(H,35,40). The van der Waals surface area contributed by atoms with Gasteiger partial charge in [-0.25, -0.2) is 4.90 Å². The zero-order valence-corrected chi connectivity index (χ0v) is 24.7. The number of rotatable bonds is 6. The van der Waals surface area contributed by atoms with E-state index < -0.39 is 17.1 Å². The predicted molar refractivity (Wildman–Crippen MR) is 168 cm³/mol. The summed E-state index contributed by atoms with van der Waals surface area (Å²) in [6, 6.07) is 27.2. The lowest BCUT2D eigenvalue weighted by atomic mass is 9.82. The monoisotopic (exact) mass is 627 g/mol. The topological polar surface area (TPSA) is 109 Å². The molecule has 3 amide bonds. The number of amides is 3. The molecule has 3 unspecified atom stereocenters. The highest BCUT2D eigenvalue weighted by molar-refractivity contribution is 8.00. The van der Waals surface area contributed by atoms with Crippen molar-refractivity contribution < 1.29 is 19.1 Å². The molecule has 5 aromatic rings. The van der Waals surface area contributed by atoms with Crippen LogP contribution in [0.3, 0.4) is 0 Å². The number of halogens is 1. The number of carbonyl (C=O) groups is 3. The van der Waals surface area contributed by atoms with E-state index in [9.17, 15) is 19.2 Å². The fraction of sp³-hybridized carbons (Fsp3) is 0.125. The molecule has 0 saturated carbocycles. The van der Waals surface area contributed by atoms with E-state index in [2.05, 4.69) is 10.3 Å². The number of hydrogen-bond acceptors (Lipinski definition) is 7. The number of thiazole rings is 1.